The van der Waals surface area contributed by atoms with E-state index in [4.69, 9.17) is 16.3 Å². The van der Waals surface area contributed by atoms with E-state index < -0.39 is 21.9 Å². The molecule has 4 aromatic rings. The summed E-state index contributed by atoms with van der Waals surface area (Å²) in [6.07, 6.45) is 0.359. The monoisotopic (exact) mass is 549 g/mol. The van der Waals surface area contributed by atoms with Crippen LogP contribution in [-0.2, 0) is 16.4 Å². The zero-order chi connectivity index (χ0) is 26.4. The third-order valence-electron chi connectivity index (χ3n) is 7.06. The molecule has 194 valence electrons. The van der Waals surface area contributed by atoms with E-state index in [9.17, 15) is 18.3 Å². The molecule has 6 rings (SSSR count). The number of sulfone groups is 1. The van der Waals surface area contributed by atoms with Gasteiger partial charge in [0, 0.05) is 22.2 Å². The number of H-pyrrole nitrogens is 1. The van der Waals surface area contributed by atoms with Gasteiger partial charge < -0.3 is 14.7 Å². The van der Waals surface area contributed by atoms with Gasteiger partial charge in [-0.3, -0.25) is 9.89 Å². The third kappa shape index (κ3) is 4.41. The second kappa shape index (κ2) is 9.49. The highest BCUT2D eigenvalue weighted by atomic mass is 35.5. The molecule has 8 nitrogen and oxygen atoms in total. The third-order valence-corrected chi connectivity index (χ3v) is 9.05. The van der Waals surface area contributed by atoms with Gasteiger partial charge >= 0.3 is 0 Å². The standard InChI is InChI=1S/C28H24ClN3O5S/c29-19-8-11-23(33)22(14-19)25-24-26(31-30-25)28(34)32(20-12-13-38(35,36)16-20)27(24)18-6-9-21(10-7-18)37-15-17-4-2-1-3-5-17/h1-11,14,20,27,33H,12-13,15-16H2,(H,30,31). The average molecular weight is 550 g/mol. The molecule has 3 heterocycles. The lowest BCUT2D eigenvalue weighted by atomic mass is 9.95. The molecule has 2 aliphatic heterocycles. The number of halogens is 1. The number of fused-ring (bicyclic) bond motifs is 1. The Morgan fingerprint density at radius 1 is 1.08 bits per heavy atom. The van der Waals surface area contributed by atoms with Crippen molar-refractivity contribution in [3.05, 3.63) is 100 Å². The zero-order valence-electron chi connectivity index (χ0n) is 20.2. The van der Waals surface area contributed by atoms with Crippen LogP contribution in [0.5, 0.6) is 11.5 Å². The van der Waals surface area contributed by atoms with Crippen molar-refractivity contribution < 1.29 is 23.1 Å². The van der Waals surface area contributed by atoms with Gasteiger partial charge in [0.25, 0.3) is 5.91 Å². The number of hydrogen-bond donors (Lipinski definition) is 2. The Labute approximate surface area is 224 Å². The zero-order valence-corrected chi connectivity index (χ0v) is 21.7. The Balaban J connectivity index is 1.40. The number of ether oxygens (including phenoxy) is 1. The van der Waals surface area contributed by atoms with E-state index in [1.807, 2.05) is 54.6 Å². The molecule has 0 aliphatic carbocycles. The minimum absolute atomic E-state index is 0.0264. The lowest BCUT2D eigenvalue weighted by Gasteiger charge is -2.31. The predicted molar refractivity (Wildman–Crippen MR) is 143 cm³/mol. The first kappa shape index (κ1) is 24.5. The molecular formula is C28H24ClN3O5S. The number of benzene rings is 3. The minimum Gasteiger partial charge on any atom is -0.507 e. The number of phenolic OH excluding ortho intramolecular Hbond substituents is 1. The van der Waals surface area contributed by atoms with Crippen LogP contribution in [0, 0.1) is 0 Å². The number of carbonyl (C=O) groups excluding carboxylic acids is 1. The van der Waals surface area contributed by atoms with Gasteiger partial charge in [0.2, 0.25) is 0 Å². The van der Waals surface area contributed by atoms with E-state index in [0.717, 1.165) is 11.1 Å². The summed E-state index contributed by atoms with van der Waals surface area (Å²) in [5.41, 5.74) is 3.45. The highest BCUT2D eigenvalue weighted by Crippen LogP contribution is 2.47. The summed E-state index contributed by atoms with van der Waals surface area (Å²) in [5.74, 6) is 0.257. The molecule has 0 saturated carbocycles. The number of carbonyl (C=O) groups is 1. The van der Waals surface area contributed by atoms with Gasteiger partial charge in [-0.05, 0) is 47.9 Å². The Kier molecular flexibility index (Phi) is 6.12. The van der Waals surface area contributed by atoms with Gasteiger partial charge in [0.15, 0.2) is 9.84 Å². The first-order valence-corrected chi connectivity index (χ1v) is 14.4. The number of aromatic hydroxyl groups is 1. The molecule has 2 atom stereocenters. The van der Waals surface area contributed by atoms with Crippen LogP contribution in [0.15, 0.2) is 72.8 Å². The smallest absolute Gasteiger partial charge is 0.273 e. The van der Waals surface area contributed by atoms with Crippen LogP contribution in [0.2, 0.25) is 5.02 Å². The number of phenols is 1. The Hall–Kier alpha value is -3.82. The fraction of sp³-hybridized carbons (Fsp3) is 0.214. The molecule has 1 fully saturated rings. The summed E-state index contributed by atoms with van der Waals surface area (Å²) in [6, 6.07) is 20.8. The maximum atomic E-state index is 13.6. The molecule has 2 unspecified atom stereocenters. The SMILES string of the molecule is O=C1c2[nH]nc(-c3cc(Cl)ccc3O)c2C(c2ccc(OCc3ccccc3)cc2)N1C1CCS(=O)(=O)C1. The molecule has 3 aromatic carbocycles. The predicted octanol–water partition coefficient (Wildman–Crippen LogP) is 4.75. The number of aromatic nitrogens is 2. The number of nitrogens with zero attached hydrogens (tertiary/aromatic N) is 2. The van der Waals surface area contributed by atoms with E-state index >= 15 is 0 Å². The molecule has 2 aliphatic rings. The number of hydrogen-bond acceptors (Lipinski definition) is 6. The van der Waals surface area contributed by atoms with Crippen LogP contribution in [0.1, 0.15) is 39.6 Å². The van der Waals surface area contributed by atoms with Crippen molar-refractivity contribution in [2.75, 3.05) is 11.5 Å². The van der Waals surface area contributed by atoms with Crippen molar-refractivity contribution >= 4 is 27.3 Å². The van der Waals surface area contributed by atoms with Crippen LogP contribution in [0.25, 0.3) is 11.3 Å². The number of amides is 1. The van der Waals surface area contributed by atoms with Crippen LogP contribution in [-0.4, -0.2) is 52.1 Å². The van der Waals surface area contributed by atoms with Crippen molar-refractivity contribution in [1.29, 1.82) is 0 Å². The summed E-state index contributed by atoms with van der Waals surface area (Å²) >= 11 is 6.21. The minimum atomic E-state index is -3.24. The number of nitrogens with one attached hydrogen (secondary N) is 1. The van der Waals surface area contributed by atoms with Crippen LogP contribution in [0.3, 0.4) is 0 Å². The van der Waals surface area contributed by atoms with Crippen LogP contribution < -0.4 is 4.74 Å². The molecule has 0 radical (unpaired) electrons. The summed E-state index contributed by atoms with van der Waals surface area (Å²) in [5, 5.41) is 18.2. The Morgan fingerprint density at radius 2 is 1.84 bits per heavy atom. The van der Waals surface area contributed by atoms with Gasteiger partial charge in [-0.2, -0.15) is 5.10 Å². The fourth-order valence-corrected chi connectivity index (χ4v) is 7.14. The highest BCUT2D eigenvalue weighted by molar-refractivity contribution is 7.91. The molecule has 38 heavy (non-hydrogen) atoms. The maximum Gasteiger partial charge on any atom is 0.273 e. The van der Waals surface area contributed by atoms with E-state index in [0.29, 0.717) is 40.6 Å². The molecule has 2 N–H and O–H groups in total. The van der Waals surface area contributed by atoms with Gasteiger partial charge in [-0.1, -0.05) is 54.1 Å². The summed E-state index contributed by atoms with van der Waals surface area (Å²) in [7, 11) is -3.24. The van der Waals surface area contributed by atoms with Gasteiger partial charge in [0.1, 0.15) is 29.5 Å². The van der Waals surface area contributed by atoms with Crippen molar-refractivity contribution in [1.82, 2.24) is 15.1 Å². The topological polar surface area (TPSA) is 113 Å². The quantitative estimate of drug-likeness (QED) is 0.359. The number of aromatic amines is 1. The molecule has 0 spiro atoms. The molecule has 1 amide bonds. The summed E-state index contributed by atoms with van der Waals surface area (Å²) in [6.45, 7) is 0.415. The second-order valence-electron chi connectivity index (χ2n) is 9.54. The molecule has 0 bridgehead atoms. The highest BCUT2D eigenvalue weighted by Gasteiger charge is 2.48. The van der Waals surface area contributed by atoms with Crippen molar-refractivity contribution in [3.63, 3.8) is 0 Å². The van der Waals surface area contributed by atoms with Gasteiger partial charge in [-0.15, -0.1) is 0 Å². The van der Waals surface area contributed by atoms with Crippen molar-refractivity contribution in [2.24, 2.45) is 0 Å². The summed E-state index contributed by atoms with van der Waals surface area (Å²) < 4.78 is 30.6. The normalized spacial score (nSPS) is 20.0. The lowest BCUT2D eigenvalue weighted by molar-refractivity contribution is 0.0677. The largest absolute Gasteiger partial charge is 0.507 e. The van der Waals surface area contributed by atoms with Crippen LogP contribution in [0.4, 0.5) is 0 Å². The molecule has 10 heteroatoms. The molecule has 1 aromatic heterocycles. The van der Waals surface area contributed by atoms with Crippen molar-refractivity contribution in [2.45, 2.75) is 25.1 Å². The van der Waals surface area contributed by atoms with Gasteiger partial charge in [-0.25, -0.2) is 8.42 Å². The maximum absolute atomic E-state index is 13.6. The molecular weight excluding hydrogens is 526 g/mol. The van der Waals surface area contributed by atoms with E-state index in [-0.39, 0.29) is 28.9 Å². The first-order chi connectivity index (χ1) is 18.3. The van der Waals surface area contributed by atoms with Gasteiger partial charge in [0.05, 0.1) is 17.5 Å². The van der Waals surface area contributed by atoms with E-state index in [1.54, 1.807) is 17.0 Å². The Morgan fingerprint density at radius 3 is 2.55 bits per heavy atom. The van der Waals surface area contributed by atoms with E-state index in [1.165, 1.54) is 6.07 Å². The molecule has 1 saturated heterocycles. The average Bonchev–Trinajstić information content (AvgIpc) is 3.58. The number of rotatable bonds is 6. The second-order valence-corrected chi connectivity index (χ2v) is 12.2. The van der Waals surface area contributed by atoms with Crippen molar-refractivity contribution in [3.8, 4) is 22.8 Å². The first-order valence-electron chi connectivity index (χ1n) is 12.2. The van der Waals surface area contributed by atoms with E-state index in [2.05, 4.69) is 10.2 Å². The fourth-order valence-electron chi connectivity index (χ4n) is 5.25. The van der Waals surface area contributed by atoms with Crippen LogP contribution >= 0.6 is 11.6 Å². The summed E-state index contributed by atoms with van der Waals surface area (Å²) in [4.78, 5) is 15.3. The lowest BCUT2D eigenvalue weighted by Crippen LogP contribution is -2.40. The Bertz CT molecular complexity index is 1620.